The van der Waals surface area contributed by atoms with Gasteiger partial charge >= 0.3 is 7.12 Å². The Morgan fingerprint density at radius 3 is 2.24 bits per heavy atom. The number of rotatable bonds is 6. The minimum atomic E-state index is -1.93. The molecule has 0 spiro atoms. The first kappa shape index (κ1) is 24.9. The minimum Gasteiger partial charge on any atom is -0.411 e. The van der Waals surface area contributed by atoms with E-state index >= 15 is 0 Å². The molecule has 2 aliphatic rings. The van der Waals surface area contributed by atoms with Gasteiger partial charge in [-0.15, -0.1) is 5.92 Å². The van der Waals surface area contributed by atoms with Crippen molar-refractivity contribution in [2.75, 3.05) is 13.2 Å². The molecular weight excluding hydrogens is 383 g/mol. The summed E-state index contributed by atoms with van der Waals surface area (Å²) in [6.45, 7) is 20.7. The third-order valence-corrected chi connectivity index (χ3v) is 11.2. The molecule has 29 heavy (non-hydrogen) atoms. The van der Waals surface area contributed by atoms with E-state index in [1.807, 2.05) is 27.7 Å². The van der Waals surface area contributed by atoms with E-state index in [2.05, 4.69) is 45.6 Å². The van der Waals surface area contributed by atoms with Gasteiger partial charge in [0.1, 0.15) is 0 Å². The van der Waals surface area contributed by atoms with E-state index in [-0.39, 0.29) is 28.6 Å². The maximum atomic E-state index is 6.61. The fourth-order valence-electron chi connectivity index (χ4n) is 2.94. The molecular formula is C22H41BO5Si. The van der Waals surface area contributed by atoms with Crippen LogP contribution in [0.4, 0.5) is 0 Å². The highest BCUT2D eigenvalue weighted by Gasteiger charge is 2.50. The van der Waals surface area contributed by atoms with Crippen molar-refractivity contribution in [3.05, 3.63) is 0 Å². The molecule has 7 heteroatoms. The van der Waals surface area contributed by atoms with Gasteiger partial charge in [-0.25, -0.2) is 0 Å². The Hall–Kier alpha value is -0.358. The molecule has 0 radical (unpaired) electrons. The molecule has 2 aliphatic heterocycles. The quantitative estimate of drug-likeness (QED) is 0.446. The molecule has 166 valence electrons. The van der Waals surface area contributed by atoms with Crippen LogP contribution in [-0.4, -0.2) is 52.2 Å². The van der Waals surface area contributed by atoms with Gasteiger partial charge in [-0.2, -0.15) is 0 Å². The lowest BCUT2D eigenvalue weighted by Gasteiger charge is -2.39. The monoisotopic (exact) mass is 424 g/mol. The molecule has 2 rings (SSSR count). The van der Waals surface area contributed by atoms with E-state index < -0.39 is 15.4 Å². The third-order valence-electron chi connectivity index (χ3n) is 6.68. The Labute approximate surface area is 179 Å². The van der Waals surface area contributed by atoms with Crippen LogP contribution >= 0.6 is 0 Å². The van der Waals surface area contributed by atoms with Gasteiger partial charge in [0.2, 0.25) is 0 Å². The second-order valence-electron chi connectivity index (χ2n) is 10.7. The van der Waals surface area contributed by atoms with Crippen LogP contribution in [0.15, 0.2) is 0 Å². The number of ether oxygens (including phenoxy) is 2. The summed E-state index contributed by atoms with van der Waals surface area (Å²) in [7, 11) is -2.44. The molecule has 0 saturated carbocycles. The molecule has 2 saturated heterocycles. The zero-order chi connectivity index (χ0) is 21.9. The van der Waals surface area contributed by atoms with E-state index in [0.717, 1.165) is 25.9 Å². The fourth-order valence-corrected chi connectivity index (χ4v) is 4.28. The lowest BCUT2D eigenvalue weighted by atomic mass is 9.90. The van der Waals surface area contributed by atoms with Gasteiger partial charge < -0.3 is 23.2 Å². The van der Waals surface area contributed by atoms with Crippen LogP contribution in [0, 0.1) is 11.7 Å². The van der Waals surface area contributed by atoms with Crippen molar-refractivity contribution in [2.24, 2.45) is 0 Å². The average molecular weight is 424 g/mol. The van der Waals surface area contributed by atoms with Crippen LogP contribution in [0.3, 0.4) is 0 Å². The normalized spacial score (nSPS) is 25.4. The number of hydrogen-bond donors (Lipinski definition) is 0. The zero-order valence-corrected chi connectivity index (χ0v) is 21.0. The molecule has 0 aromatic carbocycles. The van der Waals surface area contributed by atoms with Gasteiger partial charge in [0.15, 0.2) is 14.6 Å². The standard InChI is InChI=1S/C22H41BO5Si/c1-20(2,3)29(8,9)26-18(17-25-19-14-10-11-16-24-19)13-12-15-23-27-21(4,5)22(6,7)28-23/h18-19H,10-11,13-14,16-17H2,1-9H3/t18-,19?/m0/s1. The predicted octanol–water partition coefficient (Wildman–Crippen LogP) is 4.94. The smallest absolute Gasteiger partial charge is 0.411 e. The lowest BCUT2D eigenvalue weighted by Crippen LogP contribution is -2.45. The maximum Gasteiger partial charge on any atom is 0.551 e. The van der Waals surface area contributed by atoms with E-state index in [4.69, 9.17) is 23.2 Å². The molecule has 0 aromatic heterocycles. The van der Waals surface area contributed by atoms with Crippen molar-refractivity contribution in [2.45, 2.75) is 116 Å². The van der Waals surface area contributed by atoms with Gasteiger partial charge in [0.05, 0.1) is 23.9 Å². The summed E-state index contributed by atoms with van der Waals surface area (Å²) in [5.41, 5.74) is -0.740. The number of hydrogen-bond acceptors (Lipinski definition) is 5. The van der Waals surface area contributed by atoms with E-state index in [0.29, 0.717) is 13.0 Å². The predicted molar refractivity (Wildman–Crippen MR) is 120 cm³/mol. The van der Waals surface area contributed by atoms with Crippen molar-refractivity contribution in [3.8, 4) is 11.7 Å². The van der Waals surface area contributed by atoms with Crippen molar-refractivity contribution in [1.29, 1.82) is 0 Å². The Balaban J connectivity index is 1.99. The van der Waals surface area contributed by atoms with Crippen molar-refractivity contribution in [1.82, 2.24) is 0 Å². The summed E-state index contributed by atoms with van der Waals surface area (Å²) < 4.78 is 30.3. The summed E-state index contributed by atoms with van der Waals surface area (Å²) in [6, 6.07) is 0. The molecule has 2 fully saturated rings. The van der Waals surface area contributed by atoms with E-state index in [1.54, 1.807) is 0 Å². The van der Waals surface area contributed by atoms with Gasteiger partial charge in [-0.05, 0) is 65.1 Å². The molecule has 0 amide bonds. The Bertz CT molecular complexity index is 581. The van der Waals surface area contributed by atoms with Crippen LogP contribution in [0.2, 0.25) is 18.1 Å². The van der Waals surface area contributed by atoms with Crippen LogP contribution in [0.1, 0.15) is 74.1 Å². The third kappa shape index (κ3) is 6.81. The maximum absolute atomic E-state index is 6.61. The molecule has 0 bridgehead atoms. The molecule has 2 heterocycles. The SMILES string of the molecule is CC1(C)OB(C#CC[C@@H](COC2CCCCO2)O[Si](C)(C)C(C)(C)C)OC1(C)C. The van der Waals surface area contributed by atoms with Gasteiger partial charge in [-0.3, -0.25) is 0 Å². The topological polar surface area (TPSA) is 46.2 Å². The molecule has 5 nitrogen and oxygen atoms in total. The lowest BCUT2D eigenvalue weighted by molar-refractivity contribution is -0.173. The van der Waals surface area contributed by atoms with Crippen molar-refractivity contribution >= 4 is 15.4 Å². The Kier molecular flexibility index (Phi) is 8.09. The van der Waals surface area contributed by atoms with Crippen LogP contribution in [0.25, 0.3) is 0 Å². The van der Waals surface area contributed by atoms with Gasteiger partial charge in [0.25, 0.3) is 0 Å². The summed E-state index contributed by atoms with van der Waals surface area (Å²) in [5, 5.41) is 0.131. The van der Waals surface area contributed by atoms with Crippen molar-refractivity contribution < 1.29 is 23.2 Å². The Morgan fingerprint density at radius 1 is 1.10 bits per heavy atom. The first-order valence-corrected chi connectivity index (χ1v) is 13.9. The van der Waals surface area contributed by atoms with Gasteiger partial charge in [0, 0.05) is 13.0 Å². The molecule has 0 N–H and O–H groups in total. The van der Waals surface area contributed by atoms with Crippen LogP contribution in [0.5, 0.6) is 0 Å². The molecule has 2 atom stereocenters. The van der Waals surface area contributed by atoms with E-state index in [9.17, 15) is 0 Å². The van der Waals surface area contributed by atoms with E-state index in [1.165, 1.54) is 0 Å². The summed E-state index contributed by atoms with van der Waals surface area (Å²) >= 11 is 0. The summed E-state index contributed by atoms with van der Waals surface area (Å²) in [5.74, 6) is 6.38. The highest BCUT2D eigenvalue weighted by atomic mass is 28.4. The molecule has 0 aromatic rings. The molecule has 0 aliphatic carbocycles. The second-order valence-corrected chi connectivity index (χ2v) is 15.5. The summed E-state index contributed by atoms with van der Waals surface area (Å²) in [6.07, 6.45) is 3.60. The highest BCUT2D eigenvalue weighted by Crippen LogP contribution is 2.38. The first-order chi connectivity index (χ1) is 13.2. The minimum absolute atomic E-state index is 0.0867. The first-order valence-electron chi connectivity index (χ1n) is 11.0. The molecule has 1 unspecified atom stereocenters. The van der Waals surface area contributed by atoms with Gasteiger partial charge in [-0.1, -0.05) is 26.6 Å². The van der Waals surface area contributed by atoms with Crippen LogP contribution < -0.4 is 0 Å². The largest absolute Gasteiger partial charge is 0.551 e. The van der Waals surface area contributed by atoms with Crippen LogP contribution in [-0.2, 0) is 23.2 Å². The zero-order valence-electron chi connectivity index (χ0n) is 20.0. The Morgan fingerprint density at radius 2 is 1.72 bits per heavy atom. The highest BCUT2D eigenvalue weighted by molar-refractivity contribution is 6.74. The average Bonchev–Trinajstić information content (AvgIpc) is 2.79. The van der Waals surface area contributed by atoms with Crippen molar-refractivity contribution in [3.63, 3.8) is 0 Å². The summed E-state index contributed by atoms with van der Waals surface area (Å²) in [4.78, 5) is 0. The second kappa shape index (κ2) is 9.42. The fraction of sp³-hybridized carbons (Fsp3) is 0.909.